The van der Waals surface area contributed by atoms with Gasteiger partial charge in [0.1, 0.15) is 0 Å². The predicted octanol–water partition coefficient (Wildman–Crippen LogP) is 2.27. The Morgan fingerprint density at radius 1 is 1.08 bits per heavy atom. The van der Waals surface area contributed by atoms with Crippen LogP contribution in [-0.4, -0.2) is 25.0 Å². The van der Waals surface area contributed by atoms with Gasteiger partial charge in [-0.25, -0.2) is 0 Å². The average Bonchev–Trinajstić information content (AvgIpc) is 2.20. The van der Waals surface area contributed by atoms with Gasteiger partial charge in [-0.2, -0.15) is 0 Å². The monoisotopic (exact) mass is 176 g/mol. The number of likely N-dealkylation sites (tertiary alicyclic amines) is 1. The first-order chi connectivity index (χ1) is 6.36. The maximum atomic E-state index is 2.43. The Hall–Kier alpha value is -0.560. The second-order valence-corrected chi connectivity index (χ2v) is 4.18. The van der Waals surface area contributed by atoms with E-state index in [1.54, 1.807) is 0 Å². The van der Waals surface area contributed by atoms with E-state index in [9.17, 15) is 0 Å². The number of hydrogen-bond donors (Lipinski definition) is 0. The molecule has 0 bridgehead atoms. The van der Waals surface area contributed by atoms with Gasteiger partial charge in [0.2, 0.25) is 0 Å². The van der Waals surface area contributed by atoms with Crippen molar-refractivity contribution in [3.05, 3.63) is 30.7 Å². The van der Waals surface area contributed by atoms with E-state index in [4.69, 9.17) is 0 Å². The van der Waals surface area contributed by atoms with Gasteiger partial charge in [0, 0.05) is 0 Å². The summed E-state index contributed by atoms with van der Waals surface area (Å²) >= 11 is 0. The van der Waals surface area contributed by atoms with E-state index in [0.717, 1.165) is 5.92 Å². The van der Waals surface area contributed by atoms with Crippen LogP contribution in [0, 0.1) is 18.3 Å². The molecule has 1 atom stereocenters. The summed E-state index contributed by atoms with van der Waals surface area (Å²) < 4.78 is 0. The Balaban J connectivity index is 1.87. The minimum Gasteiger partial charge on any atom is -0.306 e. The van der Waals surface area contributed by atoms with Gasteiger partial charge in [-0.1, -0.05) is 24.3 Å². The van der Waals surface area contributed by atoms with Crippen LogP contribution in [0.5, 0.6) is 0 Å². The molecular weight excluding hydrogens is 158 g/mol. The summed E-state index contributed by atoms with van der Waals surface area (Å²) in [5.41, 5.74) is 0. The first-order valence-corrected chi connectivity index (χ1v) is 5.23. The van der Waals surface area contributed by atoms with Crippen molar-refractivity contribution in [3.8, 4) is 0 Å². The molecule has 1 heteroatoms. The predicted molar refractivity (Wildman–Crippen MR) is 56.3 cm³/mol. The highest BCUT2D eigenvalue weighted by Gasteiger charge is 2.23. The summed E-state index contributed by atoms with van der Waals surface area (Å²) in [7, 11) is 2.22. The molecule has 1 aliphatic heterocycles. The molecule has 1 fully saturated rings. The molecule has 2 aliphatic rings. The van der Waals surface area contributed by atoms with Crippen LogP contribution in [0.25, 0.3) is 0 Å². The van der Waals surface area contributed by atoms with E-state index >= 15 is 0 Å². The van der Waals surface area contributed by atoms with E-state index < -0.39 is 0 Å². The zero-order valence-corrected chi connectivity index (χ0v) is 8.32. The van der Waals surface area contributed by atoms with Crippen molar-refractivity contribution in [2.45, 2.75) is 12.8 Å². The Kier molecular flexibility index (Phi) is 2.84. The number of allylic oxidation sites excluding steroid dienone is 4. The smallest absolute Gasteiger partial charge is 0.00189 e. The van der Waals surface area contributed by atoms with Crippen molar-refractivity contribution in [2.75, 3.05) is 20.1 Å². The molecule has 1 radical (unpaired) electrons. The molecule has 0 amide bonds. The molecule has 13 heavy (non-hydrogen) atoms. The molecule has 1 heterocycles. The van der Waals surface area contributed by atoms with Crippen molar-refractivity contribution in [3.63, 3.8) is 0 Å². The van der Waals surface area contributed by atoms with Crippen LogP contribution >= 0.6 is 0 Å². The lowest BCUT2D eigenvalue weighted by Gasteiger charge is -2.33. The maximum absolute atomic E-state index is 2.43. The van der Waals surface area contributed by atoms with E-state index in [0.29, 0.717) is 5.92 Å². The normalized spacial score (nSPS) is 31.0. The standard InChI is InChI=1S/C12H18N/c1-13-9-7-12(8-10-13)11-5-3-2-4-6-11/h2-6,11-12H,7-10H2,1H3. The van der Waals surface area contributed by atoms with Crippen LogP contribution in [0.3, 0.4) is 0 Å². The van der Waals surface area contributed by atoms with Gasteiger partial charge >= 0.3 is 0 Å². The van der Waals surface area contributed by atoms with Gasteiger partial charge in [0.25, 0.3) is 0 Å². The van der Waals surface area contributed by atoms with E-state index in [1.807, 2.05) is 0 Å². The van der Waals surface area contributed by atoms with Gasteiger partial charge in [0.05, 0.1) is 0 Å². The van der Waals surface area contributed by atoms with Crippen LogP contribution in [0.15, 0.2) is 24.3 Å². The fraction of sp³-hybridized carbons (Fsp3) is 0.583. The highest BCUT2D eigenvalue weighted by Crippen LogP contribution is 2.29. The van der Waals surface area contributed by atoms with Crippen LogP contribution in [0.1, 0.15) is 12.8 Å². The third kappa shape index (κ3) is 2.22. The van der Waals surface area contributed by atoms with Crippen molar-refractivity contribution < 1.29 is 0 Å². The minimum atomic E-state index is 0.707. The van der Waals surface area contributed by atoms with Gasteiger partial charge < -0.3 is 4.90 Å². The summed E-state index contributed by atoms with van der Waals surface area (Å²) in [6.07, 6.45) is 13.9. The lowest BCUT2D eigenvalue weighted by Crippen LogP contribution is -2.33. The first-order valence-electron chi connectivity index (χ1n) is 5.23. The minimum absolute atomic E-state index is 0.707. The maximum Gasteiger partial charge on any atom is -0.00189 e. The third-order valence-electron chi connectivity index (χ3n) is 3.20. The first kappa shape index (κ1) is 9.01. The molecular formula is C12H18N. The topological polar surface area (TPSA) is 3.24 Å². The lowest BCUT2D eigenvalue weighted by atomic mass is 9.81. The van der Waals surface area contributed by atoms with Crippen LogP contribution in [0.2, 0.25) is 0 Å². The highest BCUT2D eigenvalue weighted by molar-refractivity contribution is 5.19. The summed E-state index contributed by atoms with van der Waals surface area (Å²) in [6, 6.07) is 0. The molecule has 0 saturated carbocycles. The SMILES string of the molecule is CN1CCC([C@H]2[CH]C=CC=C2)CC1. The molecule has 0 N–H and O–H groups in total. The summed E-state index contributed by atoms with van der Waals surface area (Å²) in [5.74, 6) is 1.59. The molecule has 1 aliphatic carbocycles. The number of nitrogens with zero attached hydrogens (tertiary/aromatic N) is 1. The van der Waals surface area contributed by atoms with Gasteiger partial charge in [-0.05, 0) is 51.2 Å². The molecule has 0 aromatic rings. The van der Waals surface area contributed by atoms with E-state index in [-0.39, 0.29) is 0 Å². The number of hydrogen-bond acceptors (Lipinski definition) is 1. The summed E-state index contributed by atoms with van der Waals surface area (Å²) in [4.78, 5) is 2.43. The van der Waals surface area contributed by atoms with Crippen LogP contribution in [0.4, 0.5) is 0 Å². The third-order valence-corrected chi connectivity index (χ3v) is 3.20. The highest BCUT2D eigenvalue weighted by atomic mass is 15.1. The molecule has 0 aromatic carbocycles. The molecule has 0 unspecified atom stereocenters. The Bertz CT molecular complexity index is 209. The largest absolute Gasteiger partial charge is 0.306 e. The zero-order valence-electron chi connectivity index (χ0n) is 8.32. The van der Waals surface area contributed by atoms with E-state index in [1.165, 1.54) is 25.9 Å². The van der Waals surface area contributed by atoms with Crippen LogP contribution in [-0.2, 0) is 0 Å². The second-order valence-electron chi connectivity index (χ2n) is 4.18. The van der Waals surface area contributed by atoms with Gasteiger partial charge in [-0.3, -0.25) is 0 Å². The second kappa shape index (κ2) is 4.10. The molecule has 1 nitrogen and oxygen atoms in total. The van der Waals surface area contributed by atoms with Crippen molar-refractivity contribution in [2.24, 2.45) is 11.8 Å². The molecule has 0 aromatic heterocycles. The average molecular weight is 176 g/mol. The summed E-state index contributed by atoms with van der Waals surface area (Å²) in [5, 5.41) is 0. The van der Waals surface area contributed by atoms with Crippen molar-refractivity contribution >= 4 is 0 Å². The molecule has 2 rings (SSSR count). The quantitative estimate of drug-likeness (QED) is 0.592. The summed E-state index contributed by atoms with van der Waals surface area (Å²) in [6.45, 7) is 2.54. The van der Waals surface area contributed by atoms with Crippen LogP contribution < -0.4 is 0 Å². The Morgan fingerprint density at radius 3 is 2.46 bits per heavy atom. The van der Waals surface area contributed by atoms with E-state index in [2.05, 4.69) is 42.7 Å². The zero-order chi connectivity index (χ0) is 9.10. The number of rotatable bonds is 1. The lowest BCUT2D eigenvalue weighted by molar-refractivity contribution is 0.199. The Labute approximate surface area is 81.1 Å². The molecule has 71 valence electrons. The number of piperidine rings is 1. The molecule has 1 saturated heterocycles. The molecule has 0 spiro atoms. The fourth-order valence-corrected chi connectivity index (χ4v) is 2.24. The Morgan fingerprint density at radius 2 is 1.85 bits per heavy atom. The van der Waals surface area contributed by atoms with Crippen molar-refractivity contribution in [1.82, 2.24) is 4.90 Å². The van der Waals surface area contributed by atoms with Gasteiger partial charge in [0.15, 0.2) is 0 Å². The fourth-order valence-electron chi connectivity index (χ4n) is 2.24. The van der Waals surface area contributed by atoms with Gasteiger partial charge in [-0.15, -0.1) is 0 Å². The van der Waals surface area contributed by atoms with Crippen molar-refractivity contribution in [1.29, 1.82) is 0 Å².